The Bertz CT molecular complexity index is 1110. The van der Waals surface area contributed by atoms with E-state index in [4.69, 9.17) is 18.9 Å². The number of esters is 2. The number of carbonyl (C=O) groups is 2. The number of ether oxygens (including phenoxy) is 4. The molecule has 1 heterocycles. The predicted molar refractivity (Wildman–Crippen MR) is 135 cm³/mol. The normalized spacial score (nSPS) is 13.6. The zero-order chi connectivity index (χ0) is 25.5. The van der Waals surface area contributed by atoms with E-state index in [1.807, 2.05) is 45.0 Å². The van der Waals surface area contributed by atoms with Crippen LogP contribution in [0.2, 0.25) is 0 Å². The van der Waals surface area contributed by atoms with Crippen LogP contribution in [-0.2, 0) is 19.1 Å². The topological polar surface area (TPSA) is 74.3 Å². The lowest BCUT2D eigenvalue weighted by Crippen LogP contribution is -2.29. The molecule has 0 spiro atoms. The van der Waals surface area contributed by atoms with Gasteiger partial charge in [-0.05, 0) is 69.5 Å². The fourth-order valence-corrected chi connectivity index (χ4v) is 4.06. The first-order valence-electron chi connectivity index (χ1n) is 11.8. The third-order valence-electron chi connectivity index (χ3n) is 5.66. The fraction of sp³-hybridized carbons (Fsp3) is 0.357. The molecular formula is C28H33NO6. The molecule has 186 valence electrons. The molecule has 1 aliphatic heterocycles. The van der Waals surface area contributed by atoms with Gasteiger partial charge in [0.25, 0.3) is 0 Å². The Kier molecular flexibility index (Phi) is 8.58. The van der Waals surface area contributed by atoms with E-state index in [1.165, 1.54) is 0 Å². The summed E-state index contributed by atoms with van der Waals surface area (Å²) in [6.45, 7) is 10.3. The summed E-state index contributed by atoms with van der Waals surface area (Å²) < 4.78 is 22.0. The lowest BCUT2D eigenvalue weighted by Gasteiger charge is -2.31. The van der Waals surface area contributed by atoms with Crippen molar-refractivity contribution < 1.29 is 28.5 Å². The molecular weight excluding hydrogens is 446 g/mol. The van der Waals surface area contributed by atoms with Gasteiger partial charge in [0, 0.05) is 18.1 Å². The van der Waals surface area contributed by atoms with Crippen LogP contribution in [-0.4, -0.2) is 38.9 Å². The molecule has 0 aromatic heterocycles. The molecule has 0 saturated heterocycles. The standard InChI is InChI=1S/C28H33NO6/c1-7-33-24-13-12-20(15-25(24)32-6)26-21(27(30)34-8-2)16-29(17-22(26)28(31)35-9-3)23-14-18(4)10-11-19(23)5/h10-17,26H,7-9H2,1-6H3. The highest BCUT2D eigenvalue weighted by molar-refractivity contribution is 6.00. The van der Waals surface area contributed by atoms with Crippen molar-refractivity contribution >= 4 is 17.6 Å². The lowest BCUT2D eigenvalue weighted by molar-refractivity contribution is -0.139. The van der Waals surface area contributed by atoms with Crippen LogP contribution in [0.4, 0.5) is 5.69 Å². The van der Waals surface area contributed by atoms with E-state index in [2.05, 4.69) is 0 Å². The molecule has 0 fully saturated rings. The van der Waals surface area contributed by atoms with Crippen molar-refractivity contribution in [3.63, 3.8) is 0 Å². The van der Waals surface area contributed by atoms with Crippen molar-refractivity contribution in [1.29, 1.82) is 0 Å². The summed E-state index contributed by atoms with van der Waals surface area (Å²) in [6.07, 6.45) is 3.46. The smallest absolute Gasteiger partial charge is 0.336 e. The Balaban J connectivity index is 2.23. The number of hydrogen-bond acceptors (Lipinski definition) is 7. The van der Waals surface area contributed by atoms with Gasteiger partial charge in [0.05, 0.1) is 44.0 Å². The van der Waals surface area contributed by atoms with Gasteiger partial charge in [-0.2, -0.15) is 0 Å². The van der Waals surface area contributed by atoms with Crippen molar-refractivity contribution in [3.05, 3.63) is 76.6 Å². The first kappa shape index (κ1) is 25.9. The number of nitrogens with zero attached hydrogens (tertiary/aromatic N) is 1. The summed E-state index contributed by atoms with van der Waals surface area (Å²) in [6, 6.07) is 11.4. The Morgan fingerprint density at radius 1 is 0.829 bits per heavy atom. The van der Waals surface area contributed by atoms with Crippen LogP contribution >= 0.6 is 0 Å². The molecule has 0 N–H and O–H groups in total. The van der Waals surface area contributed by atoms with Gasteiger partial charge >= 0.3 is 11.9 Å². The van der Waals surface area contributed by atoms with Crippen LogP contribution in [0.5, 0.6) is 11.5 Å². The minimum absolute atomic E-state index is 0.206. The van der Waals surface area contributed by atoms with Crippen LogP contribution < -0.4 is 14.4 Å². The zero-order valence-corrected chi connectivity index (χ0v) is 21.2. The number of methoxy groups -OCH3 is 1. The summed E-state index contributed by atoms with van der Waals surface area (Å²) in [4.78, 5) is 28.2. The van der Waals surface area contributed by atoms with Crippen LogP contribution in [0, 0.1) is 13.8 Å². The van der Waals surface area contributed by atoms with Crippen molar-refractivity contribution in [2.75, 3.05) is 31.8 Å². The molecule has 0 saturated carbocycles. The quantitative estimate of drug-likeness (QED) is 0.457. The van der Waals surface area contributed by atoms with Gasteiger partial charge < -0.3 is 23.8 Å². The van der Waals surface area contributed by atoms with Gasteiger partial charge in [-0.1, -0.05) is 18.2 Å². The predicted octanol–water partition coefficient (Wildman–Crippen LogP) is 5.21. The zero-order valence-electron chi connectivity index (χ0n) is 21.2. The second kappa shape index (κ2) is 11.6. The summed E-state index contributed by atoms with van der Waals surface area (Å²) >= 11 is 0. The highest BCUT2D eigenvalue weighted by Gasteiger charge is 2.36. The highest BCUT2D eigenvalue weighted by atomic mass is 16.5. The Morgan fingerprint density at radius 2 is 1.46 bits per heavy atom. The van der Waals surface area contributed by atoms with Gasteiger partial charge in [-0.25, -0.2) is 9.59 Å². The van der Waals surface area contributed by atoms with Crippen molar-refractivity contribution in [1.82, 2.24) is 0 Å². The number of aryl methyl sites for hydroxylation is 2. The van der Waals surface area contributed by atoms with Crippen molar-refractivity contribution in [2.24, 2.45) is 0 Å². The molecule has 7 heteroatoms. The van der Waals surface area contributed by atoms with Crippen LogP contribution in [0.1, 0.15) is 43.4 Å². The molecule has 7 nitrogen and oxygen atoms in total. The SMILES string of the molecule is CCOC(=O)C1=CN(c2cc(C)ccc2C)C=C(C(=O)OCC)C1c1ccc(OCC)c(OC)c1. The highest BCUT2D eigenvalue weighted by Crippen LogP contribution is 2.42. The first-order valence-corrected chi connectivity index (χ1v) is 11.8. The molecule has 3 rings (SSSR count). The Morgan fingerprint density at radius 3 is 2.00 bits per heavy atom. The van der Waals surface area contributed by atoms with E-state index in [0.717, 1.165) is 16.8 Å². The second-order valence-corrected chi connectivity index (χ2v) is 8.08. The average Bonchev–Trinajstić information content (AvgIpc) is 2.85. The molecule has 0 bridgehead atoms. The molecule has 0 aliphatic carbocycles. The largest absolute Gasteiger partial charge is 0.493 e. The molecule has 1 aliphatic rings. The number of rotatable bonds is 9. The monoisotopic (exact) mass is 479 g/mol. The van der Waals surface area contributed by atoms with E-state index in [-0.39, 0.29) is 13.2 Å². The molecule has 35 heavy (non-hydrogen) atoms. The minimum Gasteiger partial charge on any atom is -0.493 e. The van der Waals surface area contributed by atoms with Crippen LogP contribution in [0.25, 0.3) is 0 Å². The third-order valence-corrected chi connectivity index (χ3v) is 5.66. The van der Waals surface area contributed by atoms with Crippen LogP contribution in [0.3, 0.4) is 0 Å². The first-order chi connectivity index (χ1) is 16.8. The van der Waals surface area contributed by atoms with Crippen molar-refractivity contribution in [3.8, 4) is 11.5 Å². The number of benzene rings is 2. The van der Waals surface area contributed by atoms with Gasteiger partial charge in [0.2, 0.25) is 0 Å². The van der Waals surface area contributed by atoms with Gasteiger partial charge in [0.1, 0.15) is 0 Å². The summed E-state index contributed by atoms with van der Waals surface area (Å²) in [5.41, 5.74) is 4.24. The number of anilines is 1. The van der Waals surface area contributed by atoms with E-state index >= 15 is 0 Å². The molecule has 0 amide bonds. The molecule has 2 aromatic carbocycles. The van der Waals surface area contributed by atoms with Crippen molar-refractivity contribution in [2.45, 2.75) is 40.5 Å². The van der Waals surface area contributed by atoms with E-state index < -0.39 is 17.9 Å². The minimum atomic E-state index is -0.709. The second-order valence-electron chi connectivity index (χ2n) is 8.08. The average molecular weight is 480 g/mol. The van der Waals surface area contributed by atoms with Gasteiger partial charge in [-0.3, -0.25) is 0 Å². The molecule has 0 atom stereocenters. The number of carbonyl (C=O) groups excluding carboxylic acids is 2. The maximum atomic E-state index is 13.2. The Labute approximate surface area is 206 Å². The summed E-state index contributed by atoms with van der Waals surface area (Å²) in [5, 5.41) is 0. The summed E-state index contributed by atoms with van der Waals surface area (Å²) in [7, 11) is 1.55. The van der Waals surface area contributed by atoms with Gasteiger partial charge in [-0.15, -0.1) is 0 Å². The Hall–Kier alpha value is -3.74. The molecule has 2 aromatic rings. The fourth-order valence-electron chi connectivity index (χ4n) is 4.06. The maximum absolute atomic E-state index is 13.2. The third kappa shape index (κ3) is 5.67. The van der Waals surface area contributed by atoms with E-state index in [0.29, 0.717) is 34.8 Å². The number of hydrogen-bond donors (Lipinski definition) is 0. The van der Waals surface area contributed by atoms with E-state index in [9.17, 15) is 9.59 Å². The van der Waals surface area contributed by atoms with Gasteiger partial charge in [0.15, 0.2) is 11.5 Å². The van der Waals surface area contributed by atoms with E-state index in [1.54, 1.807) is 50.4 Å². The lowest BCUT2D eigenvalue weighted by atomic mass is 9.83. The molecule has 0 radical (unpaired) electrons. The maximum Gasteiger partial charge on any atom is 0.336 e. The summed E-state index contributed by atoms with van der Waals surface area (Å²) in [5.74, 6) is -0.632. The molecule has 0 unspecified atom stereocenters. The van der Waals surface area contributed by atoms with Crippen LogP contribution in [0.15, 0.2) is 59.9 Å².